The quantitative estimate of drug-likeness (QED) is 0.0462. The molecule has 4 N–H and O–H groups in total. The predicted octanol–water partition coefficient (Wildman–Crippen LogP) is 4.56. The average Bonchev–Trinajstić information content (AvgIpc) is 3.30. The van der Waals surface area contributed by atoms with Crippen LogP contribution in [0, 0.1) is 0 Å². The van der Waals surface area contributed by atoms with Gasteiger partial charge in [-0.05, 0) is 51.0 Å². The normalized spacial score (nSPS) is 15.8. The van der Waals surface area contributed by atoms with E-state index in [4.69, 9.17) is 51.6 Å². The van der Waals surface area contributed by atoms with Gasteiger partial charge in [0.25, 0.3) is 0 Å². The second kappa shape index (κ2) is 26.9. The van der Waals surface area contributed by atoms with Gasteiger partial charge in [0, 0.05) is 47.4 Å². The molecule has 2 aromatic rings. The van der Waals surface area contributed by atoms with E-state index in [1.165, 1.54) is 14.2 Å². The lowest BCUT2D eigenvalue weighted by molar-refractivity contribution is -0.140. The molecule has 2 aliphatic rings. The second-order valence-corrected chi connectivity index (χ2v) is 16.0. The Bertz CT molecular complexity index is 2230. The Hall–Kier alpha value is -6.34. The van der Waals surface area contributed by atoms with Crippen LogP contribution in [0.3, 0.4) is 0 Å². The van der Waals surface area contributed by atoms with Gasteiger partial charge in [-0.3, -0.25) is 19.2 Å². The summed E-state index contributed by atoms with van der Waals surface area (Å²) in [5.41, 5.74) is 2.96. The lowest BCUT2D eigenvalue weighted by Gasteiger charge is -2.31. The Labute approximate surface area is 404 Å². The summed E-state index contributed by atoms with van der Waals surface area (Å²) in [7, 11) is 2.46. The number of esters is 4. The Morgan fingerprint density at radius 1 is 0.559 bits per heavy atom. The van der Waals surface area contributed by atoms with E-state index in [0.717, 1.165) is 0 Å². The zero-order chi connectivity index (χ0) is 49.9. The van der Waals surface area contributed by atoms with E-state index in [2.05, 4.69) is 21.3 Å². The van der Waals surface area contributed by atoms with Crippen molar-refractivity contribution in [1.29, 1.82) is 0 Å². The SMILES string of the molecule is CCOC(=O)C1=C(COCCNC(=O)CC(=O)CCC(=O)CC(=O)NCCOCC2=C(C(=O)OCC)C(c3ccccc3Cl)C(C(=O)OC)=C(C)N2)NC(C)=C(C(=O)OC)C1c1ccccc1Cl. The van der Waals surface area contributed by atoms with Crippen LogP contribution in [0.5, 0.6) is 0 Å². The van der Waals surface area contributed by atoms with Crippen LogP contribution in [0.2, 0.25) is 10.0 Å². The molecule has 4 rings (SSSR count). The van der Waals surface area contributed by atoms with Crippen LogP contribution in [0.25, 0.3) is 0 Å². The molecule has 2 heterocycles. The van der Waals surface area contributed by atoms with Crippen LogP contribution in [-0.2, 0) is 66.8 Å². The molecule has 2 atom stereocenters. The maximum atomic E-state index is 13.4. The zero-order valence-electron chi connectivity index (χ0n) is 38.7. The van der Waals surface area contributed by atoms with Gasteiger partial charge in [0.2, 0.25) is 11.8 Å². The van der Waals surface area contributed by atoms with Crippen molar-refractivity contribution < 1.29 is 66.8 Å². The third-order valence-corrected chi connectivity index (χ3v) is 11.2. The number of nitrogens with one attached hydrogen (secondary N) is 4. The molecule has 366 valence electrons. The smallest absolute Gasteiger partial charge is 0.336 e. The number of carbonyl (C=O) groups is 8. The molecule has 18 nitrogen and oxygen atoms in total. The number of Topliss-reactive ketones (excluding diaryl/α,β-unsaturated/α-hetero) is 2. The van der Waals surface area contributed by atoms with E-state index in [-0.39, 0.29) is 87.9 Å². The molecule has 0 radical (unpaired) electrons. The molecule has 0 saturated heterocycles. The number of allylic oxidation sites excluding steroid dienone is 2. The lowest BCUT2D eigenvalue weighted by Crippen LogP contribution is -2.35. The fourth-order valence-electron chi connectivity index (χ4n) is 7.53. The highest BCUT2D eigenvalue weighted by Crippen LogP contribution is 2.43. The van der Waals surface area contributed by atoms with Crippen LogP contribution in [0.1, 0.15) is 76.3 Å². The summed E-state index contributed by atoms with van der Waals surface area (Å²) in [4.78, 5) is 103. The van der Waals surface area contributed by atoms with Crippen LogP contribution >= 0.6 is 23.2 Å². The highest BCUT2D eigenvalue weighted by Gasteiger charge is 2.41. The molecular formula is C48H56Cl2N4O14. The molecule has 2 aliphatic heterocycles. The minimum absolute atomic E-state index is 0.00386. The second-order valence-electron chi connectivity index (χ2n) is 15.2. The first-order chi connectivity index (χ1) is 32.6. The zero-order valence-corrected chi connectivity index (χ0v) is 40.2. The van der Waals surface area contributed by atoms with Gasteiger partial charge in [0.1, 0.15) is 11.6 Å². The molecule has 0 aromatic heterocycles. The summed E-state index contributed by atoms with van der Waals surface area (Å²) >= 11 is 13.1. The number of amides is 2. The number of carbonyl (C=O) groups excluding carboxylic acids is 8. The molecule has 0 fully saturated rings. The Morgan fingerprint density at radius 3 is 1.26 bits per heavy atom. The van der Waals surface area contributed by atoms with E-state index in [1.807, 2.05) is 0 Å². The number of ketones is 2. The van der Waals surface area contributed by atoms with Crippen LogP contribution in [0.15, 0.2) is 93.6 Å². The minimum Gasteiger partial charge on any atom is -0.466 e. The molecule has 68 heavy (non-hydrogen) atoms. The van der Waals surface area contributed by atoms with Crippen LogP contribution in [-0.4, -0.2) is 114 Å². The number of dihydropyridines is 2. The fraction of sp³-hybridized carbons (Fsp3) is 0.417. The van der Waals surface area contributed by atoms with Crippen molar-refractivity contribution in [3.05, 3.63) is 115 Å². The topological polar surface area (TPSA) is 240 Å². The van der Waals surface area contributed by atoms with Crippen molar-refractivity contribution in [3.63, 3.8) is 0 Å². The highest BCUT2D eigenvalue weighted by atomic mass is 35.5. The summed E-state index contributed by atoms with van der Waals surface area (Å²) < 4.78 is 32.4. The molecular weight excluding hydrogens is 927 g/mol. The van der Waals surface area contributed by atoms with Gasteiger partial charge in [-0.25, -0.2) is 19.2 Å². The van der Waals surface area contributed by atoms with Gasteiger partial charge < -0.3 is 49.7 Å². The standard InChI is InChI=1S/C48H56Cl2N4O14/c1-7-67-47(61)43-35(53-27(3)39(45(59)63-5)41(43)31-13-9-11-15-33(31)49)25-65-21-19-51-37(57)23-29(55)17-18-30(56)24-38(58)52-20-22-66-26-36-44(48(62)68-8-2)42(32-14-10-12-16-34(32)50)40(28(4)54-36)46(60)64-6/h9-16,41-42,53-54H,7-8,17-26H2,1-6H3,(H,51,57)(H,52,58). The number of benzene rings is 2. The number of methoxy groups -OCH3 is 2. The molecule has 2 aromatic carbocycles. The number of hydrogen-bond acceptors (Lipinski definition) is 16. The summed E-state index contributed by atoms with van der Waals surface area (Å²) in [5, 5.41) is 11.9. The Morgan fingerprint density at radius 2 is 0.926 bits per heavy atom. The Balaban J connectivity index is 1.22. The van der Waals surface area contributed by atoms with Crippen LogP contribution in [0.4, 0.5) is 0 Å². The largest absolute Gasteiger partial charge is 0.466 e. The van der Waals surface area contributed by atoms with Crippen molar-refractivity contribution in [2.75, 3.05) is 67.0 Å². The molecule has 2 amide bonds. The molecule has 0 saturated carbocycles. The Kier molecular flexibility index (Phi) is 21.4. The predicted molar refractivity (Wildman–Crippen MR) is 248 cm³/mol. The molecule has 2 unspecified atom stereocenters. The first kappa shape index (κ1) is 54.3. The van der Waals surface area contributed by atoms with E-state index in [0.29, 0.717) is 44.0 Å². The van der Waals surface area contributed by atoms with E-state index in [1.54, 1.807) is 76.2 Å². The van der Waals surface area contributed by atoms with Crippen molar-refractivity contribution in [2.45, 2.75) is 65.2 Å². The number of halogens is 2. The summed E-state index contributed by atoms with van der Waals surface area (Å²) in [6.45, 7) is 6.40. The van der Waals surface area contributed by atoms with E-state index >= 15 is 0 Å². The van der Waals surface area contributed by atoms with Gasteiger partial charge >= 0.3 is 23.9 Å². The van der Waals surface area contributed by atoms with Crippen molar-refractivity contribution in [2.24, 2.45) is 0 Å². The highest BCUT2D eigenvalue weighted by molar-refractivity contribution is 6.32. The average molecular weight is 984 g/mol. The third kappa shape index (κ3) is 14.6. The molecule has 0 spiro atoms. The summed E-state index contributed by atoms with van der Waals surface area (Å²) in [5.74, 6) is -6.82. The number of hydrogen-bond donors (Lipinski definition) is 4. The van der Waals surface area contributed by atoms with Gasteiger partial charge in [-0.2, -0.15) is 0 Å². The van der Waals surface area contributed by atoms with Gasteiger partial charge in [0.05, 0.1) is 112 Å². The third-order valence-electron chi connectivity index (χ3n) is 10.6. The maximum absolute atomic E-state index is 13.4. The monoisotopic (exact) mass is 982 g/mol. The molecule has 20 heteroatoms. The van der Waals surface area contributed by atoms with Crippen molar-refractivity contribution in [3.8, 4) is 0 Å². The van der Waals surface area contributed by atoms with Gasteiger partial charge in [-0.1, -0.05) is 59.6 Å². The maximum Gasteiger partial charge on any atom is 0.336 e. The van der Waals surface area contributed by atoms with Crippen LogP contribution < -0.4 is 21.3 Å². The summed E-state index contributed by atoms with van der Waals surface area (Å²) in [6, 6.07) is 13.6. The van der Waals surface area contributed by atoms with Gasteiger partial charge in [-0.15, -0.1) is 0 Å². The van der Waals surface area contributed by atoms with E-state index in [9.17, 15) is 38.4 Å². The first-order valence-corrected chi connectivity index (χ1v) is 22.5. The fourth-order valence-corrected chi connectivity index (χ4v) is 8.02. The first-order valence-electron chi connectivity index (χ1n) is 21.7. The number of ether oxygens (including phenoxy) is 6. The minimum atomic E-state index is -0.935. The molecule has 0 aliphatic carbocycles. The van der Waals surface area contributed by atoms with Gasteiger partial charge in [0.15, 0.2) is 0 Å². The van der Waals surface area contributed by atoms with Crippen molar-refractivity contribution >= 4 is 70.5 Å². The summed E-state index contributed by atoms with van der Waals surface area (Å²) in [6.07, 6.45) is -1.52. The number of rotatable bonds is 25. The van der Waals surface area contributed by atoms with E-state index < -0.39 is 71.9 Å². The lowest BCUT2D eigenvalue weighted by atomic mass is 9.80. The van der Waals surface area contributed by atoms with Crippen molar-refractivity contribution in [1.82, 2.24) is 21.3 Å². The molecule has 0 bridgehead atoms.